The van der Waals surface area contributed by atoms with Gasteiger partial charge in [-0.15, -0.1) is 0 Å². The van der Waals surface area contributed by atoms with Crippen molar-refractivity contribution >= 4 is 21.9 Å². The zero-order chi connectivity index (χ0) is 32.6. The molecule has 0 aliphatic rings. The summed E-state index contributed by atoms with van der Waals surface area (Å²) in [7, 11) is 0. The SMILES string of the molecule is c1ccc(-c2ccc(-c3ccc(-c4nc(-c5ccccc5)nc(-c5ccc(-c6ccc7oc8ccccc8c7c6)cc5)n4)cc3)cc2)cc1. The monoisotopic (exact) mass is 627 g/mol. The average Bonchev–Trinajstić information content (AvgIpc) is 3.57. The van der Waals surface area contributed by atoms with Crippen LogP contribution in [-0.4, -0.2) is 15.0 Å². The van der Waals surface area contributed by atoms with Gasteiger partial charge in [0.15, 0.2) is 17.5 Å². The van der Waals surface area contributed by atoms with E-state index in [9.17, 15) is 0 Å². The van der Waals surface area contributed by atoms with Gasteiger partial charge in [0.25, 0.3) is 0 Å². The van der Waals surface area contributed by atoms with Crippen molar-refractivity contribution in [2.75, 3.05) is 0 Å². The molecule has 0 spiro atoms. The van der Waals surface area contributed by atoms with Crippen LogP contribution in [0.5, 0.6) is 0 Å². The van der Waals surface area contributed by atoms with Gasteiger partial charge < -0.3 is 4.42 Å². The highest BCUT2D eigenvalue weighted by Crippen LogP contribution is 2.34. The lowest BCUT2D eigenvalue weighted by molar-refractivity contribution is 0.669. The summed E-state index contributed by atoms with van der Waals surface area (Å²) in [5.41, 5.74) is 11.5. The predicted molar refractivity (Wildman–Crippen MR) is 200 cm³/mol. The van der Waals surface area contributed by atoms with Gasteiger partial charge in [-0.1, -0.05) is 158 Å². The Morgan fingerprint density at radius 2 is 0.612 bits per heavy atom. The zero-order valence-electron chi connectivity index (χ0n) is 26.5. The van der Waals surface area contributed by atoms with E-state index in [1.165, 1.54) is 11.1 Å². The number of nitrogens with zero attached hydrogens (tertiary/aromatic N) is 3. The maximum Gasteiger partial charge on any atom is 0.164 e. The molecule has 0 unspecified atom stereocenters. The first-order valence-electron chi connectivity index (χ1n) is 16.4. The summed E-state index contributed by atoms with van der Waals surface area (Å²) < 4.78 is 6.04. The van der Waals surface area contributed by atoms with E-state index in [1.54, 1.807) is 0 Å². The summed E-state index contributed by atoms with van der Waals surface area (Å²) in [6, 6.07) is 60.6. The number of hydrogen-bond acceptors (Lipinski definition) is 4. The van der Waals surface area contributed by atoms with Gasteiger partial charge in [0.1, 0.15) is 11.2 Å². The molecule has 0 bridgehead atoms. The number of aromatic nitrogens is 3. The molecule has 0 N–H and O–H groups in total. The summed E-state index contributed by atoms with van der Waals surface area (Å²) in [5, 5.41) is 2.23. The molecule has 0 radical (unpaired) electrons. The Labute approximate surface area is 284 Å². The fraction of sp³-hybridized carbons (Fsp3) is 0. The van der Waals surface area contributed by atoms with Crippen LogP contribution >= 0.6 is 0 Å². The second kappa shape index (κ2) is 12.2. The van der Waals surface area contributed by atoms with E-state index >= 15 is 0 Å². The summed E-state index contributed by atoms with van der Waals surface area (Å²) in [6.07, 6.45) is 0. The van der Waals surface area contributed by atoms with Crippen LogP contribution in [-0.2, 0) is 0 Å². The molecule has 0 saturated carbocycles. The van der Waals surface area contributed by atoms with Crippen LogP contribution in [0.3, 0.4) is 0 Å². The van der Waals surface area contributed by atoms with Gasteiger partial charge in [0.2, 0.25) is 0 Å². The minimum atomic E-state index is 0.632. The van der Waals surface area contributed by atoms with E-state index in [-0.39, 0.29) is 0 Å². The van der Waals surface area contributed by atoms with Crippen molar-refractivity contribution < 1.29 is 4.42 Å². The lowest BCUT2D eigenvalue weighted by Crippen LogP contribution is -2.00. The minimum absolute atomic E-state index is 0.632. The number of para-hydroxylation sites is 1. The molecule has 2 aromatic heterocycles. The molecule has 0 saturated heterocycles. The molecule has 0 atom stereocenters. The normalized spacial score (nSPS) is 11.3. The zero-order valence-corrected chi connectivity index (χ0v) is 26.5. The Hall–Kier alpha value is -6.65. The quantitative estimate of drug-likeness (QED) is 0.184. The number of fused-ring (bicyclic) bond motifs is 3. The summed E-state index contributed by atoms with van der Waals surface area (Å²) >= 11 is 0. The van der Waals surface area contributed by atoms with Gasteiger partial charge in [-0.05, 0) is 51.6 Å². The molecule has 230 valence electrons. The second-order valence-corrected chi connectivity index (χ2v) is 12.1. The van der Waals surface area contributed by atoms with E-state index in [1.807, 2.05) is 60.7 Å². The smallest absolute Gasteiger partial charge is 0.164 e. The Morgan fingerprint density at radius 1 is 0.265 bits per heavy atom. The maximum atomic E-state index is 6.04. The lowest BCUT2D eigenvalue weighted by atomic mass is 9.99. The van der Waals surface area contributed by atoms with Crippen molar-refractivity contribution in [1.82, 2.24) is 15.0 Å². The molecule has 49 heavy (non-hydrogen) atoms. The van der Waals surface area contributed by atoms with E-state index in [4.69, 9.17) is 19.4 Å². The van der Waals surface area contributed by atoms with Gasteiger partial charge in [0, 0.05) is 27.5 Å². The molecule has 2 heterocycles. The van der Waals surface area contributed by atoms with Crippen molar-refractivity contribution in [2.24, 2.45) is 0 Å². The topological polar surface area (TPSA) is 51.8 Å². The molecular formula is C45H29N3O. The number of benzene rings is 7. The third kappa shape index (κ3) is 5.56. The van der Waals surface area contributed by atoms with Crippen molar-refractivity contribution in [3.63, 3.8) is 0 Å². The molecule has 0 fully saturated rings. The fourth-order valence-electron chi connectivity index (χ4n) is 6.37. The van der Waals surface area contributed by atoms with Crippen molar-refractivity contribution in [1.29, 1.82) is 0 Å². The maximum absolute atomic E-state index is 6.04. The Morgan fingerprint density at radius 3 is 1.14 bits per heavy atom. The molecule has 0 aliphatic heterocycles. The first-order chi connectivity index (χ1) is 24.2. The highest BCUT2D eigenvalue weighted by Gasteiger charge is 2.14. The number of rotatable bonds is 6. The second-order valence-electron chi connectivity index (χ2n) is 12.1. The molecule has 7 aromatic carbocycles. The van der Waals surface area contributed by atoms with Crippen LogP contribution in [0.2, 0.25) is 0 Å². The van der Waals surface area contributed by atoms with Gasteiger partial charge in [0.05, 0.1) is 0 Å². The molecule has 4 heteroatoms. The van der Waals surface area contributed by atoms with Gasteiger partial charge in [-0.25, -0.2) is 15.0 Å². The Kier molecular flexibility index (Phi) is 7.10. The Balaban J connectivity index is 1.04. The Bertz CT molecular complexity index is 2560. The van der Waals surface area contributed by atoms with Crippen LogP contribution in [0.1, 0.15) is 0 Å². The van der Waals surface area contributed by atoms with Crippen LogP contribution in [0.15, 0.2) is 180 Å². The van der Waals surface area contributed by atoms with Gasteiger partial charge in [-0.3, -0.25) is 0 Å². The highest BCUT2D eigenvalue weighted by molar-refractivity contribution is 6.06. The van der Waals surface area contributed by atoms with E-state index in [0.717, 1.165) is 60.9 Å². The van der Waals surface area contributed by atoms with Crippen LogP contribution in [0.25, 0.3) is 89.5 Å². The minimum Gasteiger partial charge on any atom is -0.456 e. The first-order valence-corrected chi connectivity index (χ1v) is 16.4. The van der Waals surface area contributed by atoms with Crippen molar-refractivity contribution in [3.8, 4) is 67.5 Å². The molecule has 4 nitrogen and oxygen atoms in total. The largest absolute Gasteiger partial charge is 0.456 e. The fourth-order valence-corrected chi connectivity index (χ4v) is 6.37. The lowest BCUT2D eigenvalue weighted by Gasteiger charge is -2.10. The molecule has 0 aliphatic carbocycles. The molecule has 9 aromatic rings. The third-order valence-electron chi connectivity index (χ3n) is 8.99. The number of furan rings is 1. The highest BCUT2D eigenvalue weighted by atomic mass is 16.3. The molecular weight excluding hydrogens is 599 g/mol. The van der Waals surface area contributed by atoms with Crippen LogP contribution < -0.4 is 0 Å². The first kappa shape index (κ1) is 28.6. The van der Waals surface area contributed by atoms with E-state index < -0.39 is 0 Å². The van der Waals surface area contributed by atoms with E-state index in [0.29, 0.717) is 17.5 Å². The van der Waals surface area contributed by atoms with Gasteiger partial charge in [-0.2, -0.15) is 0 Å². The van der Waals surface area contributed by atoms with Crippen molar-refractivity contribution in [2.45, 2.75) is 0 Å². The predicted octanol–water partition coefficient (Wildman–Crippen LogP) is 11.8. The third-order valence-corrected chi connectivity index (χ3v) is 8.99. The summed E-state index contributed by atoms with van der Waals surface area (Å²) in [4.78, 5) is 14.8. The average molecular weight is 628 g/mol. The number of hydrogen-bond donors (Lipinski definition) is 0. The van der Waals surface area contributed by atoms with Crippen molar-refractivity contribution in [3.05, 3.63) is 176 Å². The summed E-state index contributed by atoms with van der Waals surface area (Å²) in [6.45, 7) is 0. The van der Waals surface area contributed by atoms with E-state index in [2.05, 4.69) is 115 Å². The van der Waals surface area contributed by atoms with Crippen LogP contribution in [0, 0.1) is 0 Å². The van der Waals surface area contributed by atoms with Crippen LogP contribution in [0.4, 0.5) is 0 Å². The standard InChI is InChI=1S/C45H29N3O/c1-3-9-30(10-4-1)31-15-17-32(18-16-31)33-19-23-36(24-20-33)44-46-43(35-11-5-2-6-12-35)47-45(48-44)37-25-21-34(22-26-37)38-27-28-42-40(29-38)39-13-7-8-14-41(39)49-42/h1-29H. The van der Waals surface area contributed by atoms with Gasteiger partial charge >= 0.3 is 0 Å². The summed E-state index contributed by atoms with van der Waals surface area (Å²) in [5.74, 6) is 1.91. The molecule has 0 amide bonds. The molecule has 9 rings (SSSR count).